The molecule has 4 heterocycles. The van der Waals surface area contributed by atoms with Gasteiger partial charge in [0.15, 0.2) is 11.2 Å². The Balaban J connectivity index is 1.13. The van der Waals surface area contributed by atoms with Crippen LogP contribution in [0, 0.1) is 11.8 Å². The van der Waals surface area contributed by atoms with Crippen LogP contribution in [0.25, 0.3) is 11.2 Å². The van der Waals surface area contributed by atoms with Crippen molar-refractivity contribution < 1.29 is 102 Å². The fourth-order valence-electron chi connectivity index (χ4n) is 11.4. The molecule has 19 N–H and O–H groups in total. The third kappa shape index (κ3) is 36.1. The Morgan fingerprint density at radius 3 is 1.44 bits per heavy atom. The molecule has 0 aliphatic heterocycles. The standard InChI is InChI=1S/C78H96B2N20O22S4/c1-40(2)24-58(79-5)97-67(110)48(16-12-7-8-13-23-101)90-72(115)54-34-83-47(32-85-54)37-124-126-39-57(77(121)122)96-70(113)53(29-63(107)108)94-68(111)51(27-61(103)104)93-69(112)52(28-62(105)106)95-74(117)56(38-125-123-36-46-33-86-55(35-84-46)73(116)92-50(26-42-14-10-9-11-15-42)71(114)98-59(80-6)25-41(3)4)89-60(102)22-21-49(76(119)120)91-66(109)43-17-19-44(20-18-43)82-30-45-31-87-65-64(88-45)75(118)100-78(81)99-65/h7,9-12,14-15,17-20,23,31-35,40-41,48-53,56-59,82H,5-6,8,13,16,21-22,24-30,36-39H2,1-4H3,(H,89,102)(H,90,115)(H,91,109)(H,92,116)(H,93,112)(H,94,111)(H,95,117)(H,96,113)(H,97,110)(H,98,114)(H,103,104)(H,105,106)(H,107,108)(H,119,120)(H,121,122)(H3,81,87,99,100,118)/b12-7+/t48-,49-,50-,51-,52-,53-,56-,57-,58-,59-/m0/s1. The van der Waals surface area contributed by atoms with E-state index in [2.05, 4.69) is 101 Å². The Labute approximate surface area is 737 Å². The van der Waals surface area contributed by atoms with Crippen molar-refractivity contribution in [3.63, 3.8) is 0 Å². The van der Waals surface area contributed by atoms with E-state index in [4.69, 9.17) is 5.73 Å². The van der Waals surface area contributed by atoms with Crippen LogP contribution in [0.4, 0.5) is 11.6 Å². The number of unbranched alkanes of at least 4 members (excludes halogenated alkanes) is 1. The van der Waals surface area contributed by atoms with Crippen molar-refractivity contribution in [2.24, 2.45) is 11.8 Å². The maximum absolute atomic E-state index is 14.4. The molecule has 0 saturated heterocycles. The SMILES string of the molecule is C=B[C@H](CC(C)C)NC(=O)[C@H](C/C=C/CCC=O)NC(=O)c1cnc(CSSC[C@H](NC(=O)[C@H](CC(=O)O)NC(=O)[C@H](CC(=O)O)NC(=O)[C@H](CC(=O)O)NC(=O)[C@H](CSSCc2cnc(C(=O)N[C@@H](Cc3ccccc3)C(=O)N[C@H](B=C)CC(C)C)cn2)NC(=O)CC[C@H](NC(=O)c2ccc(NCc3cnc4nc(N)[nH]c(=O)c4n3)cc2)C(=O)O)C(=O)O)cn1. The Hall–Kier alpha value is -12.9. The van der Waals surface area contributed by atoms with E-state index in [1.165, 1.54) is 42.9 Å². The number of hydrogen-bond donors (Lipinski definition) is 18. The number of nitrogens with zero attached hydrogens (tertiary/aromatic N) is 7. The Kier molecular flexibility index (Phi) is 42.6. The first kappa shape index (κ1) is 102. The van der Waals surface area contributed by atoms with Gasteiger partial charge in [-0.05, 0) is 30.7 Å². The average Bonchev–Trinajstić information content (AvgIpc) is 0.808. The predicted octanol–water partition coefficient (Wildman–Crippen LogP) is 0.161. The van der Waals surface area contributed by atoms with Crippen molar-refractivity contribution in [1.82, 2.24) is 93.0 Å². The van der Waals surface area contributed by atoms with Gasteiger partial charge in [0.25, 0.3) is 11.5 Å². The zero-order valence-electron chi connectivity index (χ0n) is 68.6. The molecule has 0 aliphatic rings. The number of carbonyl (C=O) groups excluding carboxylic acids is 11. The quantitative estimate of drug-likeness (QED) is 0.00795. The number of aromatic nitrogens is 8. The van der Waals surface area contributed by atoms with E-state index in [1.54, 1.807) is 56.3 Å². The van der Waals surface area contributed by atoms with Gasteiger partial charge in [-0.2, -0.15) is 4.98 Å². The second-order valence-corrected chi connectivity index (χ2v) is 33.9. The third-order valence-corrected chi connectivity index (χ3v) is 22.4. The number of anilines is 2. The van der Waals surface area contributed by atoms with Crippen LogP contribution in [-0.4, -0.2) is 259 Å². The minimum atomic E-state index is -2.31. The molecule has 670 valence electrons. The number of H-pyrrole nitrogens is 1. The number of aliphatic carboxylic acids is 5. The monoisotopic (exact) mass is 1810 g/mol. The number of amides is 10. The fraction of sp³-hybridized carbons (Fsp3) is 0.410. The number of carbonyl (C=O) groups is 16. The van der Waals surface area contributed by atoms with Gasteiger partial charge in [-0.15, -0.1) is 0 Å². The number of aldehydes is 1. The Morgan fingerprint density at radius 1 is 0.492 bits per heavy atom. The third-order valence-electron chi connectivity index (χ3n) is 17.8. The van der Waals surface area contributed by atoms with Gasteiger partial charge in [-0.25, -0.2) is 19.6 Å². The number of aromatic amines is 1. The van der Waals surface area contributed by atoms with Gasteiger partial charge in [-0.3, -0.25) is 52.9 Å². The molecular formula is C78H96B2N20O22S4. The second kappa shape index (κ2) is 52.7. The molecule has 0 unspecified atom stereocenters. The van der Waals surface area contributed by atoms with Crippen LogP contribution >= 0.6 is 43.2 Å². The number of nitrogens with one attached hydrogen (secondary N) is 12. The molecule has 0 fully saturated rings. The first-order chi connectivity index (χ1) is 60.0. The summed E-state index contributed by atoms with van der Waals surface area (Å²) in [4.78, 5) is 255. The first-order valence-corrected chi connectivity index (χ1v) is 44.0. The maximum atomic E-state index is 14.4. The van der Waals surface area contributed by atoms with Crippen molar-refractivity contribution in [3.8, 4) is 0 Å². The summed E-state index contributed by atoms with van der Waals surface area (Å²) in [6.45, 7) is 18.7. The van der Waals surface area contributed by atoms with Crippen molar-refractivity contribution in [2.45, 2.75) is 177 Å². The van der Waals surface area contributed by atoms with Crippen LogP contribution in [0.5, 0.6) is 0 Å². The van der Waals surface area contributed by atoms with Crippen LogP contribution in [-0.2, 0) is 86.8 Å². The van der Waals surface area contributed by atoms with Crippen LogP contribution in [0.1, 0.15) is 146 Å². The van der Waals surface area contributed by atoms with Crippen molar-refractivity contribution in [3.05, 3.63) is 148 Å². The summed E-state index contributed by atoms with van der Waals surface area (Å²) in [5.74, 6) is -20.2. The summed E-state index contributed by atoms with van der Waals surface area (Å²) >= 11 is 0. The molecule has 0 spiro atoms. The first-order valence-electron chi connectivity index (χ1n) is 39.0. The number of allylic oxidation sites excluding steroid dienone is 1. The normalized spacial score (nSPS) is 13.4. The van der Waals surface area contributed by atoms with Gasteiger partial charge >= 0.3 is 382 Å². The molecule has 6 aromatic rings. The molecule has 4 aromatic heterocycles. The second-order valence-electron chi connectivity index (χ2n) is 28.8. The molecule has 2 aromatic carbocycles. The number of nitrogen functional groups attached to an aromatic ring is 1. The number of benzene rings is 2. The van der Waals surface area contributed by atoms with Gasteiger partial charge in [0.2, 0.25) is 35.5 Å². The van der Waals surface area contributed by atoms with E-state index in [0.29, 0.717) is 30.6 Å². The molecule has 0 radical (unpaired) electrons. The zero-order chi connectivity index (χ0) is 92.5. The van der Waals surface area contributed by atoms with Crippen molar-refractivity contribution in [1.29, 1.82) is 0 Å². The molecule has 10 amide bonds. The molecule has 42 nitrogen and oxygen atoms in total. The van der Waals surface area contributed by atoms with Crippen LogP contribution in [0.15, 0.2) is 103 Å². The Bertz CT molecular complexity index is 4960. The Morgan fingerprint density at radius 2 is 0.960 bits per heavy atom. The summed E-state index contributed by atoms with van der Waals surface area (Å²) in [5, 5.41) is 77.4. The predicted molar refractivity (Wildman–Crippen MR) is 470 cm³/mol. The van der Waals surface area contributed by atoms with Gasteiger partial charge in [-0.1, -0.05) is 21.6 Å². The average molecular weight is 1820 g/mol. The topological polar surface area (TPSA) is 656 Å². The van der Waals surface area contributed by atoms with Crippen LogP contribution in [0.2, 0.25) is 0 Å². The molecule has 0 aliphatic carbocycles. The zero-order valence-corrected chi connectivity index (χ0v) is 71.9. The summed E-state index contributed by atoms with van der Waals surface area (Å²) in [5.41, 5.74) is 6.64. The van der Waals surface area contributed by atoms with E-state index < -0.39 is 198 Å². The van der Waals surface area contributed by atoms with E-state index in [0.717, 1.165) is 67.4 Å². The van der Waals surface area contributed by atoms with Crippen LogP contribution in [0.3, 0.4) is 0 Å². The number of hydrogen-bond acceptors (Lipinski definition) is 30. The van der Waals surface area contributed by atoms with Gasteiger partial charge in [0, 0.05) is 29.2 Å². The molecule has 0 bridgehead atoms. The van der Waals surface area contributed by atoms with Gasteiger partial charge in [0.05, 0.1) is 37.7 Å². The molecule has 6 rings (SSSR count). The number of fused-ring (bicyclic) bond motifs is 1. The van der Waals surface area contributed by atoms with Crippen molar-refractivity contribution in [2.75, 3.05) is 22.6 Å². The molecule has 10 atom stereocenters. The molecule has 48 heteroatoms. The van der Waals surface area contributed by atoms with Gasteiger partial charge in [0.1, 0.15) is 36.3 Å². The summed E-state index contributed by atoms with van der Waals surface area (Å²) < 4.78 is 0. The fourth-order valence-corrected chi connectivity index (χ4v) is 15.7. The van der Waals surface area contributed by atoms with E-state index >= 15 is 0 Å². The van der Waals surface area contributed by atoms with E-state index in [9.17, 15) is 107 Å². The minimum absolute atomic E-state index is 0.0170. The van der Waals surface area contributed by atoms with Crippen LogP contribution < -0.4 is 69.8 Å². The summed E-state index contributed by atoms with van der Waals surface area (Å²) in [6.07, 6.45) is 7.03. The molecule has 0 saturated carbocycles. The summed E-state index contributed by atoms with van der Waals surface area (Å²) in [6, 6.07) is 0.410. The molecular weight excluding hydrogens is 1720 g/mol. The number of carboxylic acids is 5. The van der Waals surface area contributed by atoms with Crippen molar-refractivity contribution >= 4 is 188 Å². The number of carboxylic acid groups (broad SMARTS) is 5. The summed E-state index contributed by atoms with van der Waals surface area (Å²) in [7, 11) is 3.77. The van der Waals surface area contributed by atoms with E-state index in [-0.39, 0.29) is 94.6 Å². The molecule has 126 heavy (non-hydrogen) atoms. The van der Waals surface area contributed by atoms with E-state index in [1.807, 2.05) is 38.3 Å². The van der Waals surface area contributed by atoms with Gasteiger partial charge < -0.3 is 68.5 Å². The number of rotatable bonds is 56. The number of nitrogens with two attached hydrogens (primary N) is 1.